The van der Waals surface area contributed by atoms with E-state index >= 15 is 0 Å². The van der Waals surface area contributed by atoms with Gasteiger partial charge in [-0.25, -0.2) is 4.39 Å². The molecule has 0 atom stereocenters. The summed E-state index contributed by atoms with van der Waals surface area (Å²) in [5, 5.41) is 8.74. The molecule has 3 N–H and O–H groups in total. The predicted octanol–water partition coefficient (Wildman–Crippen LogP) is 4.58. The van der Waals surface area contributed by atoms with E-state index in [2.05, 4.69) is 16.0 Å². The molecule has 1 aliphatic carbocycles. The molecular formula is C29H26FN3O4. The summed E-state index contributed by atoms with van der Waals surface area (Å²) in [5.74, 6) is -0.885. The van der Waals surface area contributed by atoms with Gasteiger partial charge in [0, 0.05) is 30.6 Å². The highest BCUT2D eigenvalue weighted by Crippen LogP contribution is 2.38. The van der Waals surface area contributed by atoms with E-state index in [0.717, 1.165) is 16.7 Å². The van der Waals surface area contributed by atoms with Crippen molar-refractivity contribution < 1.29 is 23.2 Å². The number of fused-ring (bicyclic) bond motifs is 1. The molecule has 188 valence electrons. The van der Waals surface area contributed by atoms with Gasteiger partial charge in [0.05, 0.1) is 5.56 Å². The molecule has 0 saturated heterocycles. The summed E-state index contributed by atoms with van der Waals surface area (Å²) in [4.78, 5) is 38.1. The molecule has 1 aliphatic rings. The Hall–Kier alpha value is -4.46. The fourth-order valence-electron chi connectivity index (χ4n) is 4.56. The van der Waals surface area contributed by atoms with E-state index in [0.29, 0.717) is 46.3 Å². The molecule has 0 unspecified atom stereocenters. The van der Waals surface area contributed by atoms with Crippen LogP contribution in [0, 0.1) is 12.7 Å². The molecule has 3 aromatic carbocycles. The number of aryl methyl sites for hydroxylation is 1. The maximum atomic E-state index is 13.5. The molecule has 4 aromatic rings. The summed E-state index contributed by atoms with van der Waals surface area (Å²) in [6.07, 6.45) is 1.21. The van der Waals surface area contributed by atoms with Gasteiger partial charge in [0.15, 0.2) is 0 Å². The number of likely N-dealkylation sites (N-methyl/N-ethyl adjacent to an activating group) is 1. The van der Waals surface area contributed by atoms with Gasteiger partial charge in [0.25, 0.3) is 11.8 Å². The van der Waals surface area contributed by atoms with E-state index in [1.54, 1.807) is 37.4 Å². The van der Waals surface area contributed by atoms with E-state index in [9.17, 15) is 18.8 Å². The van der Waals surface area contributed by atoms with Crippen LogP contribution in [0.25, 0.3) is 33.4 Å². The second-order valence-electron chi connectivity index (χ2n) is 9.25. The Morgan fingerprint density at radius 2 is 1.57 bits per heavy atom. The predicted molar refractivity (Wildman–Crippen MR) is 139 cm³/mol. The summed E-state index contributed by atoms with van der Waals surface area (Å²) < 4.78 is 19.5. The van der Waals surface area contributed by atoms with Gasteiger partial charge in [0.2, 0.25) is 5.91 Å². The van der Waals surface area contributed by atoms with Crippen LogP contribution in [0.3, 0.4) is 0 Å². The van der Waals surface area contributed by atoms with Gasteiger partial charge in [0.1, 0.15) is 22.7 Å². The number of hydrogen-bond acceptors (Lipinski definition) is 4. The molecule has 3 amide bonds. The smallest absolute Gasteiger partial charge is 0.255 e. The Morgan fingerprint density at radius 3 is 2.22 bits per heavy atom. The van der Waals surface area contributed by atoms with Crippen molar-refractivity contribution in [3.05, 3.63) is 83.2 Å². The monoisotopic (exact) mass is 499 g/mol. The van der Waals surface area contributed by atoms with E-state index in [1.807, 2.05) is 25.1 Å². The fraction of sp³-hybridized carbons (Fsp3) is 0.207. The van der Waals surface area contributed by atoms with E-state index in [-0.39, 0.29) is 23.5 Å². The summed E-state index contributed by atoms with van der Waals surface area (Å²) in [6.45, 7) is 1.94. The first kappa shape index (κ1) is 24.2. The van der Waals surface area contributed by atoms with Crippen LogP contribution in [0.15, 0.2) is 65.1 Å². The van der Waals surface area contributed by atoms with Crippen molar-refractivity contribution in [2.24, 2.45) is 0 Å². The Morgan fingerprint density at radius 1 is 0.865 bits per heavy atom. The number of benzene rings is 3. The summed E-state index contributed by atoms with van der Waals surface area (Å²) in [7, 11) is 3.09. The zero-order chi connectivity index (χ0) is 26.3. The lowest BCUT2D eigenvalue weighted by molar-refractivity contribution is -0.123. The molecule has 0 aliphatic heterocycles. The lowest BCUT2D eigenvalue weighted by Gasteiger charge is -2.16. The first-order valence-electron chi connectivity index (χ1n) is 12.0. The average Bonchev–Trinajstić information content (AvgIpc) is 3.59. The zero-order valence-corrected chi connectivity index (χ0v) is 20.7. The molecule has 0 radical (unpaired) electrons. The molecule has 7 nitrogen and oxygen atoms in total. The lowest BCUT2D eigenvalue weighted by atomic mass is 9.95. The van der Waals surface area contributed by atoms with Crippen molar-refractivity contribution in [2.75, 3.05) is 14.1 Å². The maximum absolute atomic E-state index is 13.5. The Balaban J connectivity index is 1.57. The minimum absolute atomic E-state index is 0.197. The second kappa shape index (κ2) is 9.20. The number of nitrogens with one attached hydrogen (secondary N) is 3. The van der Waals surface area contributed by atoms with Crippen LogP contribution in [0.5, 0.6) is 0 Å². The Labute approximate surface area is 213 Å². The van der Waals surface area contributed by atoms with Gasteiger partial charge < -0.3 is 20.4 Å². The molecule has 0 spiro atoms. The zero-order valence-electron chi connectivity index (χ0n) is 20.7. The van der Waals surface area contributed by atoms with Crippen LogP contribution in [-0.2, 0) is 4.79 Å². The number of rotatable bonds is 6. The van der Waals surface area contributed by atoms with Gasteiger partial charge >= 0.3 is 0 Å². The number of halogens is 1. The lowest BCUT2D eigenvalue weighted by Crippen LogP contribution is -2.48. The van der Waals surface area contributed by atoms with Crippen LogP contribution in [0.2, 0.25) is 0 Å². The van der Waals surface area contributed by atoms with Crippen molar-refractivity contribution in [3.8, 4) is 22.5 Å². The quantitative estimate of drug-likeness (QED) is 0.362. The van der Waals surface area contributed by atoms with Crippen LogP contribution < -0.4 is 16.0 Å². The minimum Gasteiger partial charge on any atom is -0.455 e. The van der Waals surface area contributed by atoms with Crippen LogP contribution >= 0.6 is 0 Å². The molecule has 8 heteroatoms. The van der Waals surface area contributed by atoms with E-state index in [4.69, 9.17) is 4.42 Å². The van der Waals surface area contributed by atoms with E-state index < -0.39 is 5.54 Å². The third-order valence-corrected chi connectivity index (χ3v) is 6.82. The Bertz CT molecular complexity index is 1550. The highest BCUT2D eigenvalue weighted by molar-refractivity contribution is 6.12. The van der Waals surface area contributed by atoms with E-state index in [1.165, 1.54) is 19.2 Å². The maximum Gasteiger partial charge on any atom is 0.255 e. The number of carbonyl (C=O) groups is 3. The standard InChI is InChI=1S/C29H26FN3O4/c1-16-4-5-19(26(34)33-29(12-13-29)28(36)32-3)15-21(16)18-8-11-23-22(14-18)24(27(35)31-2)25(37-23)17-6-9-20(30)10-7-17/h4-11,14-15H,12-13H2,1-3H3,(H,31,35)(H,32,36)(H,33,34). The average molecular weight is 500 g/mol. The van der Waals surface area contributed by atoms with Crippen molar-refractivity contribution >= 4 is 28.7 Å². The van der Waals surface area contributed by atoms with Gasteiger partial charge in [-0.3, -0.25) is 14.4 Å². The van der Waals surface area contributed by atoms with Gasteiger partial charge in [-0.15, -0.1) is 0 Å². The molecular weight excluding hydrogens is 473 g/mol. The third-order valence-electron chi connectivity index (χ3n) is 6.82. The SMILES string of the molecule is CNC(=O)c1c(-c2ccc(F)cc2)oc2ccc(-c3cc(C(=O)NC4(C(=O)NC)CC4)ccc3C)cc12. The molecule has 37 heavy (non-hydrogen) atoms. The van der Waals surface area contributed by atoms with Crippen molar-refractivity contribution in [1.29, 1.82) is 0 Å². The molecule has 1 aromatic heterocycles. The van der Waals surface area contributed by atoms with Gasteiger partial charge in [-0.05, 0) is 85.0 Å². The number of amides is 3. The fourth-order valence-corrected chi connectivity index (χ4v) is 4.56. The third kappa shape index (κ3) is 4.35. The summed E-state index contributed by atoms with van der Waals surface area (Å²) >= 11 is 0. The normalized spacial score (nSPS) is 13.7. The number of furan rings is 1. The second-order valence-corrected chi connectivity index (χ2v) is 9.25. The molecule has 1 heterocycles. The largest absolute Gasteiger partial charge is 0.455 e. The topological polar surface area (TPSA) is 100 Å². The van der Waals surface area contributed by atoms with Crippen molar-refractivity contribution in [1.82, 2.24) is 16.0 Å². The van der Waals surface area contributed by atoms with Crippen molar-refractivity contribution in [2.45, 2.75) is 25.3 Å². The number of carbonyl (C=O) groups excluding carboxylic acids is 3. The molecule has 1 saturated carbocycles. The van der Waals surface area contributed by atoms with Crippen molar-refractivity contribution in [3.63, 3.8) is 0 Å². The number of hydrogen-bond donors (Lipinski definition) is 3. The van der Waals surface area contributed by atoms with Gasteiger partial charge in [-0.1, -0.05) is 12.1 Å². The highest BCUT2D eigenvalue weighted by atomic mass is 19.1. The first-order valence-corrected chi connectivity index (χ1v) is 12.0. The Kier molecular flexibility index (Phi) is 6.03. The van der Waals surface area contributed by atoms with Crippen LogP contribution in [-0.4, -0.2) is 37.4 Å². The van der Waals surface area contributed by atoms with Crippen LogP contribution in [0.4, 0.5) is 4.39 Å². The van der Waals surface area contributed by atoms with Crippen LogP contribution in [0.1, 0.15) is 39.1 Å². The molecule has 1 fully saturated rings. The minimum atomic E-state index is -0.842. The van der Waals surface area contributed by atoms with Gasteiger partial charge in [-0.2, -0.15) is 0 Å². The summed E-state index contributed by atoms with van der Waals surface area (Å²) in [5.41, 5.74) is 3.57. The molecule has 0 bridgehead atoms. The molecule has 5 rings (SSSR count). The summed E-state index contributed by atoms with van der Waals surface area (Å²) in [6, 6.07) is 16.6. The first-order chi connectivity index (χ1) is 17.8. The highest BCUT2D eigenvalue weighted by Gasteiger charge is 2.50.